The van der Waals surface area contributed by atoms with E-state index in [1.165, 1.54) is 24.9 Å². The van der Waals surface area contributed by atoms with E-state index in [0.29, 0.717) is 10.9 Å². The lowest BCUT2D eigenvalue weighted by atomic mass is 9.78. The molecule has 5 aliphatic rings. The fourth-order valence-electron chi connectivity index (χ4n) is 5.15. The Balaban J connectivity index is 1.36. The minimum Gasteiger partial charge on any atom is -0.423 e. The van der Waals surface area contributed by atoms with Gasteiger partial charge in [0.05, 0.1) is 0 Å². The number of nitrogens with zero attached hydrogens (tertiary/aromatic N) is 1. The van der Waals surface area contributed by atoms with Gasteiger partial charge in [0, 0.05) is 37.3 Å². The highest BCUT2D eigenvalue weighted by molar-refractivity contribution is 6.58. The Bertz CT molecular complexity index is 559. The van der Waals surface area contributed by atoms with E-state index in [2.05, 4.69) is 17.0 Å². The molecule has 3 saturated heterocycles. The maximum Gasteiger partial charge on any atom is 0.488 e. The fourth-order valence-corrected chi connectivity index (χ4v) is 5.15. The first-order valence-corrected chi connectivity index (χ1v) is 8.03. The number of hydrogen-bond donors (Lipinski definition) is 2. The predicted molar refractivity (Wildman–Crippen MR) is 79.3 cm³/mol. The second-order valence-electron chi connectivity index (χ2n) is 7.09. The van der Waals surface area contributed by atoms with Crippen molar-refractivity contribution < 1.29 is 14.8 Å². The molecular formula is C16H20BNO3. The molecule has 5 heteroatoms. The maximum absolute atomic E-state index is 9.21. The minimum absolute atomic E-state index is 0.391. The topological polar surface area (TPSA) is 52.9 Å². The van der Waals surface area contributed by atoms with Crippen LogP contribution in [0.3, 0.4) is 0 Å². The Morgan fingerprint density at radius 1 is 1.10 bits per heavy atom. The minimum atomic E-state index is -1.36. The quantitative estimate of drug-likeness (QED) is 0.751. The smallest absolute Gasteiger partial charge is 0.423 e. The standard InChI is InChI=1S/C16H20BNO3/c19-17(20)11-3-1-10(2-4-11)16-9-18(15-13(16)14(15)16)12-5-7-21-8-6-12/h1-4,12-15,19-20H,5-9H2/t13-,14?,15?,16?/m1/s1. The van der Waals surface area contributed by atoms with Gasteiger partial charge in [0.2, 0.25) is 0 Å². The molecule has 3 aliphatic heterocycles. The summed E-state index contributed by atoms with van der Waals surface area (Å²) in [5.74, 6) is 1.73. The monoisotopic (exact) mass is 285 g/mol. The first kappa shape index (κ1) is 12.6. The second-order valence-corrected chi connectivity index (χ2v) is 7.09. The van der Waals surface area contributed by atoms with Gasteiger partial charge in [0.25, 0.3) is 0 Å². The first-order valence-electron chi connectivity index (χ1n) is 8.03. The lowest BCUT2D eigenvalue weighted by Gasteiger charge is -2.31. The molecule has 2 N–H and O–H groups in total. The largest absolute Gasteiger partial charge is 0.488 e. The number of benzene rings is 1. The lowest BCUT2D eigenvalue weighted by molar-refractivity contribution is 0.0395. The van der Waals surface area contributed by atoms with Gasteiger partial charge in [0.1, 0.15) is 0 Å². The van der Waals surface area contributed by atoms with E-state index >= 15 is 0 Å². The van der Waals surface area contributed by atoms with Crippen LogP contribution < -0.4 is 5.46 Å². The van der Waals surface area contributed by atoms with Gasteiger partial charge in [-0.15, -0.1) is 0 Å². The van der Waals surface area contributed by atoms with E-state index in [0.717, 1.165) is 37.1 Å². The molecule has 2 aliphatic carbocycles. The third kappa shape index (κ3) is 1.55. The van der Waals surface area contributed by atoms with Crippen molar-refractivity contribution in [3.8, 4) is 0 Å². The molecule has 110 valence electrons. The molecule has 0 aromatic heterocycles. The van der Waals surface area contributed by atoms with Gasteiger partial charge in [-0.05, 0) is 35.7 Å². The molecular weight excluding hydrogens is 265 g/mol. The molecule has 1 aromatic carbocycles. The van der Waals surface area contributed by atoms with Gasteiger partial charge >= 0.3 is 7.12 Å². The normalized spacial score (nSPS) is 41.0. The van der Waals surface area contributed by atoms with Gasteiger partial charge < -0.3 is 14.8 Å². The number of fused-ring (bicyclic) bond motifs is 1. The molecule has 2 bridgehead atoms. The van der Waals surface area contributed by atoms with Crippen molar-refractivity contribution in [1.82, 2.24) is 4.90 Å². The molecule has 0 radical (unpaired) electrons. The highest BCUT2D eigenvalue weighted by Crippen LogP contribution is 2.84. The number of hydrogen-bond acceptors (Lipinski definition) is 4. The summed E-state index contributed by atoms with van der Waals surface area (Å²) < 4.78 is 5.49. The number of rotatable bonds is 3. The van der Waals surface area contributed by atoms with Crippen LogP contribution in [0.4, 0.5) is 0 Å². The van der Waals surface area contributed by atoms with Crippen LogP contribution in [0.2, 0.25) is 0 Å². The van der Waals surface area contributed by atoms with Crippen molar-refractivity contribution in [2.75, 3.05) is 19.8 Å². The maximum atomic E-state index is 9.21. The van der Waals surface area contributed by atoms with Crippen molar-refractivity contribution in [2.45, 2.75) is 30.3 Å². The van der Waals surface area contributed by atoms with Crippen molar-refractivity contribution in [3.05, 3.63) is 29.8 Å². The van der Waals surface area contributed by atoms with Crippen LogP contribution in [-0.2, 0) is 10.2 Å². The molecule has 0 spiro atoms. The molecule has 3 unspecified atom stereocenters. The molecule has 3 heterocycles. The Hall–Kier alpha value is -0.875. The summed E-state index contributed by atoms with van der Waals surface area (Å²) in [6, 6.07) is 9.48. The van der Waals surface area contributed by atoms with Crippen LogP contribution in [0.5, 0.6) is 0 Å². The summed E-state index contributed by atoms with van der Waals surface area (Å²) in [5, 5.41) is 18.4. The van der Waals surface area contributed by atoms with Crippen LogP contribution in [0.25, 0.3) is 0 Å². The Labute approximate surface area is 124 Å². The highest BCUT2D eigenvalue weighted by Gasteiger charge is 2.90. The Morgan fingerprint density at radius 3 is 2.38 bits per heavy atom. The van der Waals surface area contributed by atoms with Crippen LogP contribution in [0.15, 0.2) is 24.3 Å². The Kier molecular flexibility index (Phi) is 2.47. The molecule has 4 atom stereocenters. The highest BCUT2D eigenvalue weighted by atomic mass is 16.5. The summed E-state index contributed by atoms with van der Waals surface area (Å²) in [6.07, 6.45) is 2.36. The van der Waals surface area contributed by atoms with Gasteiger partial charge in [0.15, 0.2) is 0 Å². The van der Waals surface area contributed by atoms with Crippen LogP contribution in [0, 0.1) is 11.8 Å². The van der Waals surface area contributed by atoms with Crippen LogP contribution in [-0.4, -0.2) is 53.9 Å². The van der Waals surface area contributed by atoms with Crippen LogP contribution >= 0.6 is 0 Å². The van der Waals surface area contributed by atoms with E-state index in [1.54, 1.807) is 0 Å². The summed E-state index contributed by atoms with van der Waals surface area (Å²) in [7, 11) is -1.36. The number of ether oxygens (including phenoxy) is 1. The van der Waals surface area contributed by atoms with E-state index in [9.17, 15) is 10.0 Å². The second kappa shape index (κ2) is 4.10. The summed E-state index contributed by atoms with van der Waals surface area (Å²) in [4.78, 5) is 2.74. The molecule has 5 fully saturated rings. The molecule has 4 nitrogen and oxygen atoms in total. The summed E-state index contributed by atoms with van der Waals surface area (Å²) in [5.41, 5.74) is 2.37. The van der Waals surface area contributed by atoms with E-state index in [4.69, 9.17) is 4.74 Å². The van der Waals surface area contributed by atoms with E-state index < -0.39 is 7.12 Å². The van der Waals surface area contributed by atoms with Crippen molar-refractivity contribution in [3.63, 3.8) is 0 Å². The summed E-state index contributed by atoms with van der Waals surface area (Å²) >= 11 is 0. The zero-order valence-electron chi connectivity index (χ0n) is 12.0. The lowest BCUT2D eigenvalue weighted by Crippen LogP contribution is -2.38. The Morgan fingerprint density at radius 2 is 1.76 bits per heavy atom. The number of piperidine rings is 1. The average molecular weight is 285 g/mol. The molecule has 1 aromatic rings. The first-order chi connectivity index (χ1) is 10.2. The molecule has 2 saturated carbocycles. The average Bonchev–Trinajstić information content (AvgIpc) is 3.34. The van der Waals surface area contributed by atoms with Crippen molar-refractivity contribution in [1.29, 1.82) is 0 Å². The van der Waals surface area contributed by atoms with Crippen LogP contribution in [0.1, 0.15) is 18.4 Å². The molecule has 0 amide bonds. The third-order valence-electron chi connectivity index (χ3n) is 6.30. The van der Waals surface area contributed by atoms with Crippen molar-refractivity contribution in [2.24, 2.45) is 11.8 Å². The van der Waals surface area contributed by atoms with E-state index in [1.807, 2.05) is 12.1 Å². The van der Waals surface area contributed by atoms with E-state index in [-0.39, 0.29) is 0 Å². The molecule has 21 heavy (non-hydrogen) atoms. The summed E-state index contributed by atoms with van der Waals surface area (Å²) in [6.45, 7) is 3.03. The van der Waals surface area contributed by atoms with Crippen molar-refractivity contribution >= 4 is 12.6 Å². The SMILES string of the molecule is OB(O)c1ccc(C23CN(C4CCOCC4)C4C2[C@H]43)cc1. The van der Waals surface area contributed by atoms with Gasteiger partial charge in [-0.3, -0.25) is 4.90 Å². The third-order valence-corrected chi connectivity index (χ3v) is 6.30. The van der Waals surface area contributed by atoms with Gasteiger partial charge in [-0.1, -0.05) is 24.3 Å². The van der Waals surface area contributed by atoms with Gasteiger partial charge in [-0.2, -0.15) is 0 Å². The fraction of sp³-hybridized carbons (Fsp3) is 0.625. The zero-order valence-corrected chi connectivity index (χ0v) is 12.0. The zero-order chi connectivity index (χ0) is 14.2. The predicted octanol–water partition coefficient (Wildman–Crippen LogP) is -0.273. The molecule has 6 rings (SSSR count). The van der Waals surface area contributed by atoms with Gasteiger partial charge in [-0.25, -0.2) is 0 Å².